The van der Waals surface area contributed by atoms with Crippen LogP contribution in [0, 0.1) is 16.0 Å². The van der Waals surface area contributed by atoms with Crippen molar-refractivity contribution in [3.63, 3.8) is 0 Å². The maximum Gasteiger partial charge on any atom is 0.376 e. The number of hydrogen-bond acceptors (Lipinski definition) is 6. The zero-order chi connectivity index (χ0) is 17.3. The minimum absolute atomic E-state index is 0.214. The first-order valence-electron chi connectivity index (χ1n) is 7.07. The normalized spacial score (nSPS) is 19.8. The summed E-state index contributed by atoms with van der Waals surface area (Å²) >= 11 is 0. The van der Waals surface area contributed by atoms with Gasteiger partial charge in [0, 0.05) is 23.3 Å². The van der Waals surface area contributed by atoms with Crippen LogP contribution >= 0.6 is 0 Å². The summed E-state index contributed by atoms with van der Waals surface area (Å²) in [4.78, 5) is 46.7. The van der Waals surface area contributed by atoms with Crippen LogP contribution in [0.2, 0.25) is 0 Å². The van der Waals surface area contributed by atoms with Gasteiger partial charge in [-0.2, -0.15) is 0 Å². The third-order valence-corrected chi connectivity index (χ3v) is 3.77. The van der Waals surface area contributed by atoms with E-state index in [-0.39, 0.29) is 16.8 Å². The number of ketones is 2. The Kier molecular flexibility index (Phi) is 3.91. The Labute approximate surface area is 136 Å². The largest absolute Gasteiger partial charge is 0.450 e. The number of ether oxygens (including phenoxy) is 1. The molecule has 1 aliphatic heterocycles. The van der Waals surface area contributed by atoms with E-state index < -0.39 is 34.5 Å². The molecule has 0 bridgehead atoms. The number of nitrogens with zero attached hydrogens (tertiary/aromatic N) is 1. The molecule has 7 nitrogen and oxygen atoms in total. The molecule has 2 atom stereocenters. The fraction of sp³-hybridized carbons (Fsp3) is 0.118. The number of nitro groups is 1. The molecule has 0 spiro atoms. The van der Waals surface area contributed by atoms with Crippen molar-refractivity contribution >= 4 is 23.2 Å². The topological polar surface area (TPSA) is 104 Å². The monoisotopic (exact) mass is 325 g/mol. The number of Topliss-reactive ketones (excluding diaryl/α,β-unsaturated/α-hetero) is 2. The van der Waals surface area contributed by atoms with E-state index in [1.807, 2.05) is 0 Å². The predicted molar refractivity (Wildman–Crippen MR) is 81.2 cm³/mol. The van der Waals surface area contributed by atoms with Gasteiger partial charge in [0.2, 0.25) is 0 Å². The molecule has 0 aromatic heterocycles. The van der Waals surface area contributed by atoms with Crippen LogP contribution in [0.15, 0.2) is 54.6 Å². The molecule has 24 heavy (non-hydrogen) atoms. The molecule has 2 unspecified atom stereocenters. The molecular formula is C17H11NO6. The summed E-state index contributed by atoms with van der Waals surface area (Å²) in [6.07, 6.45) is -1.17. The molecule has 0 N–H and O–H groups in total. The first-order valence-corrected chi connectivity index (χ1v) is 7.07. The maximum absolute atomic E-state index is 12.6. The molecule has 0 radical (unpaired) electrons. The Bertz CT molecular complexity index is 845. The van der Waals surface area contributed by atoms with Crippen molar-refractivity contribution in [2.24, 2.45) is 5.92 Å². The predicted octanol–water partition coefficient (Wildman–Crippen LogP) is 2.26. The van der Waals surface area contributed by atoms with Crippen molar-refractivity contribution in [2.75, 3.05) is 0 Å². The highest BCUT2D eigenvalue weighted by Crippen LogP contribution is 2.36. The summed E-state index contributed by atoms with van der Waals surface area (Å²) in [6.45, 7) is 0. The van der Waals surface area contributed by atoms with E-state index >= 15 is 0 Å². The number of nitro benzene ring substituents is 1. The molecule has 0 aliphatic carbocycles. The smallest absolute Gasteiger partial charge is 0.376 e. The number of carbonyl (C=O) groups excluding carboxylic acids is 3. The number of non-ortho nitro benzene ring substituents is 1. The van der Waals surface area contributed by atoms with Gasteiger partial charge in [0.25, 0.3) is 11.5 Å². The summed E-state index contributed by atoms with van der Waals surface area (Å²) in [5.74, 6) is -3.95. The van der Waals surface area contributed by atoms with Gasteiger partial charge in [-0.25, -0.2) is 4.79 Å². The molecule has 120 valence electrons. The zero-order valence-corrected chi connectivity index (χ0v) is 12.2. The molecule has 0 saturated carbocycles. The minimum atomic E-state index is -1.35. The van der Waals surface area contributed by atoms with Crippen molar-refractivity contribution in [3.8, 4) is 0 Å². The molecule has 0 amide bonds. The van der Waals surface area contributed by atoms with Gasteiger partial charge < -0.3 is 4.74 Å². The summed E-state index contributed by atoms with van der Waals surface area (Å²) in [5.41, 5.74) is 0.288. The van der Waals surface area contributed by atoms with E-state index in [1.54, 1.807) is 18.2 Å². The molecule has 2 aromatic carbocycles. The highest BCUT2D eigenvalue weighted by molar-refractivity contribution is 6.41. The highest BCUT2D eigenvalue weighted by Gasteiger charge is 2.49. The van der Waals surface area contributed by atoms with Gasteiger partial charge in [0.15, 0.2) is 5.78 Å². The van der Waals surface area contributed by atoms with E-state index in [9.17, 15) is 24.5 Å². The van der Waals surface area contributed by atoms with Crippen LogP contribution in [-0.2, 0) is 14.3 Å². The Balaban J connectivity index is 2.01. The molecule has 2 aromatic rings. The lowest BCUT2D eigenvalue weighted by molar-refractivity contribution is -0.385. The lowest BCUT2D eigenvalue weighted by atomic mass is 9.87. The lowest BCUT2D eigenvalue weighted by Crippen LogP contribution is -2.26. The van der Waals surface area contributed by atoms with Crippen LogP contribution in [-0.4, -0.2) is 22.5 Å². The molecular weight excluding hydrogens is 314 g/mol. The van der Waals surface area contributed by atoms with E-state index in [2.05, 4.69) is 0 Å². The number of hydrogen-bond donors (Lipinski definition) is 0. The molecule has 7 heteroatoms. The lowest BCUT2D eigenvalue weighted by Gasteiger charge is -2.15. The minimum Gasteiger partial charge on any atom is -0.450 e. The average Bonchev–Trinajstić information content (AvgIpc) is 2.90. The third kappa shape index (κ3) is 2.67. The summed E-state index contributed by atoms with van der Waals surface area (Å²) in [6, 6.07) is 13.4. The fourth-order valence-electron chi connectivity index (χ4n) is 2.62. The quantitative estimate of drug-likeness (QED) is 0.213. The summed E-state index contributed by atoms with van der Waals surface area (Å²) < 4.78 is 5.02. The van der Waals surface area contributed by atoms with Crippen molar-refractivity contribution in [2.45, 2.75) is 6.10 Å². The van der Waals surface area contributed by atoms with Crippen molar-refractivity contribution in [3.05, 3.63) is 75.8 Å². The highest BCUT2D eigenvalue weighted by atomic mass is 16.6. The van der Waals surface area contributed by atoms with E-state index in [0.29, 0.717) is 0 Å². The van der Waals surface area contributed by atoms with E-state index in [1.165, 1.54) is 36.4 Å². The number of rotatable bonds is 4. The first-order chi connectivity index (χ1) is 11.5. The van der Waals surface area contributed by atoms with Gasteiger partial charge in [0.05, 0.1) is 4.92 Å². The second kappa shape index (κ2) is 6.04. The molecule has 1 fully saturated rings. The van der Waals surface area contributed by atoms with Gasteiger partial charge in [-0.15, -0.1) is 0 Å². The average molecular weight is 325 g/mol. The van der Waals surface area contributed by atoms with Gasteiger partial charge >= 0.3 is 5.97 Å². The Morgan fingerprint density at radius 1 is 1.04 bits per heavy atom. The summed E-state index contributed by atoms with van der Waals surface area (Å²) in [7, 11) is 0. The first kappa shape index (κ1) is 15.5. The fourth-order valence-corrected chi connectivity index (χ4v) is 2.62. The van der Waals surface area contributed by atoms with Gasteiger partial charge in [-0.3, -0.25) is 19.7 Å². The number of esters is 1. The summed E-state index contributed by atoms with van der Waals surface area (Å²) in [5, 5.41) is 10.9. The van der Waals surface area contributed by atoms with Crippen molar-refractivity contribution in [1.82, 2.24) is 0 Å². The van der Waals surface area contributed by atoms with Crippen LogP contribution in [0.1, 0.15) is 22.0 Å². The number of carbonyl (C=O) groups is 3. The Morgan fingerprint density at radius 3 is 2.42 bits per heavy atom. The number of benzene rings is 2. The molecule has 1 saturated heterocycles. The number of cyclic esters (lactones) is 1. The SMILES string of the molecule is O=C1OC(c2cccc([N+](=O)[O-])c2)C(C(=O)c2ccccc2)C1=O. The molecule has 1 heterocycles. The van der Waals surface area contributed by atoms with E-state index in [0.717, 1.165) is 0 Å². The van der Waals surface area contributed by atoms with E-state index in [4.69, 9.17) is 4.74 Å². The Hall–Kier alpha value is -3.35. The van der Waals surface area contributed by atoms with Crippen LogP contribution in [0.3, 0.4) is 0 Å². The molecule has 1 aliphatic rings. The second-order valence-electron chi connectivity index (χ2n) is 5.25. The van der Waals surface area contributed by atoms with Crippen molar-refractivity contribution in [1.29, 1.82) is 0 Å². The van der Waals surface area contributed by atoms with Crippen LogP contribution < -0.4 is 0 Å². The van der Waals surface area contributed by atoms with Crippen LogP contribution in [0.5, 0.6) is 0 Å². The Morgan fingerprint density at radius 2 is 1.75 bits per heavy atom. The van der Waals surface area contributed by atoms with Gasteiger partial charge in [-0.05, 0) is 0 Å². The van der Waals surface area contributed by atoms with Crippen molar-refractivity contribution < 1.29 is 24.0 Å². The van der Waals surface area contributed by atoms with Gasteiger partial charge in [-0.1, -0.05) is 42.5 Å². The van der Waals surface area contributed by atoms with Gasteiger partial charge in [0.1, 0.15) is 12.0 Å². The van der Waals surface area contributed by atoms with Crippen LogP contribution in [0.25, 0.3) is 0 Å². The van der Waals surface area contributed by atoms with Crippen LogP contribution in [0.4, 0.5) is 5.69 Å². The standard InChI is InChI=1S/C17H11NO6/c19-14(10-5-2-1-3-6-10)13-15(20)17(21)24-16(13)11-7-4-8-12(9-11)18(22)23/h1-9,13,16H. The zero-order valence-electron chi connectivity index (χ0n) is 12.2. The maximum atomic E-state index is 12.6. The second-order valence-corrected chi connectivity index (χ2v) is 5.25. The third-order valence-electron chi connectivity index (χ3n) is 3.77. The molecule has 3 rings (SSSR count).